The number of carbonyl (C=O) groups is 2. The molecule has 1 fully saturated rings. The van der Waals surface area contributed by atoms with Crippen LogP contribution in [0.1, 0.15) is 5.56 Å². The van der Waals surface area contributed by atoms with Gasteiger partial charge in [0, 0.05) is 12.1 Å². The third-order valence-electron chi connectivity index (χ3n) is 5.02. The lowest BCUT2D eigenvalue weighted by Crippen LogP contribution is -2.27. The van der Waals surface area contributed by atoms with Crippen LogP contribution in [0.5, 0.6) is 11.5 Å². The summed E-state index contributed by atoms with van der Waals surface area (Å²) >= 11 is 6.45. The Balaban J connectivity index is 1.39. The average molecular weight is 522 g/mol. The third kappa shape index (κ3) is 5.70. The highest BCUT2D eigenvalue weighted by atomic mass is 32.2. The number of amides is 2. The number of anilines is 2. The second kappa shape index (κ2) is 11.0. The van der Waals surface area contributed by atoms with Crippen molar-refractivity contribution in [1.29, 1.82) is 0 Å². The highest BCUT2D eigenvalue weighted by Gasteiger charge is 2.33. The van der Waals surface area contributed by atoms with Crippen LogP contribution in [0.2, 0.25) is 0 Å². The molecule has 0 bridgehead atoms. The van der Waals surface area contributed by atoms with Crippen molar-refractivity contribution in [1.82, 2.24) is 0 Å². The van der Waals surface area contributed by atoms with Crippen molar-refractivity contribution < 1.29 is 24.0 Å². The number of nitro groups is 1. The van der Waals surface area contributed by atoms with E-state index in [1.165, 1.54) is 30.2 Å². The zero-order chi connectivity index (χ0) is 25.7. The lowest BCUT2D eigenvalue weighted by atomic mass is 10.2. The number of non-ortho nitro benzene ring substituents is 1. The highest BCUT2D eigenvalue weighted by Crippen LogP contribution is 2.37. The Bertz CT molecular complexity index is 1370. The van der Waals surface area contributed by atoms with Crippen LogP contribution in [-0.4, -0.2) is 34.8 Å². The van der Waals surface area contributed by atoms with Crippen molar-refractivity contribution in [3.8, 4) is 11.5 Å². The Morgan fingerprint density at radius 2 is 1.89 bits per heavy atom. The minimum absolute atomic E-state index is 0.127. The lowest BCUT2D eigenvalue weighted by Gasteiger charge is -2.13. The molecule has 1 N–H and O–H groups in total. The van der Waals surface area contributed by atoms with Crippen LogP contribution in [0.4, 0.5) is 17.1 Å². The van der Waals surface area contributed by atoms with Crippen molar-refractivity contribution in [2.24, 2.45) is 0 Å². The average Bonchev–Trinajstić information content (AvgIpc) is 3.16. The van der Waals surface area contributed by atoms with Crippen LogP contribution in [0.15, 0.2) is 77.7 Å². The van der Waals surface area contributed by atoms with Crippen LogP contribution in [0.25, 0.3) is 6.08 Å². The number of hydrogen-bond donors (Lipinski definition) is 1. The zero-order valence-corrected chi connectivity index (χ0v) is 20.5. The predicted molar refractivity (Wildman–Crippen MR) is 142 cm³/mol. The molecule has 0 aromatic heterocycles. The first-order valence-electron chi connectivity index (χ1n) is 10.5. The molecule has 1 aliphatic rings. The standard InChI is InChI=1S/C25H19N3O6S2/c1-33-21-8-3-2-7-20(21)26-23(29)15-34-19-11-9-16(10-12-19)13-22-24(30)27(25(35)36-22)17-5-4-6-18(14-17)28(31)32/h2-14H,15H2,1H3,(H,26,29)/b22-13+. The molecule has 11 heteroatoms. The van der Waals surface area contributed by atoms with Crippen LogP contribution in [0, 0.1) is 10.1 Å². The van der Waals surface area contributed by atoms with Gasteiger partial charge in [-0.05, 0) is 42.0 Å². The van der Waals surface area contributed by atoms with Crippen LogP contribution < -0.4 is 19.7 Å². The third-order valence-corrected chi connectivity index (χ3v) is 6.32. The number of nitro benzene ring substituents is 1. The summed E-state index contributed by atoms with van der Waals surface area (Å²) in [5.41, 5.74) is 1.48. The van der Waals surface area contributed by atoms with E-state index < -0.39 is 4.92 Å². The van der Waals surface area contributed by atoms with E-state index in [1.807, 2.05) is 0 Å². The molecule has 2 amide bonds. The number of thioether (sulfide) groups is 1. The second-order valence-corrected chi connectivity index (χ2v) is 9.08. The van der Waals surface area contributed by atoms with Gasteiger partial charge < -0.3 is 14.8 Å². The van der Waals surface area contributed by atoms with Crippen LogP contribution in [-0.2, 0) is 9.59 Å². The smallest absolute Gasteiger partial charge is 0.271 e. The maximum atomic E-state index is 12.9. The molecule has 9 nitrogen and oxygen atoms in total. The minimum atomic E-state index is -0.525. The maximum absolute atomic E-state index is 12.9. The molecule has 3 aromatic rings. The van der Waals surface area contributed by atoms with Gasteiger partial charge in [0.05, 0.1) is 28.3 Å². The molecule has 3 aromatic carbocycles. The van der Waals surface area contributed by atoms with Crippen molar-refractivity contribution in [2.75, 3.05) is 23.9 Å². The normalized spacial score (nSPS) is 14.1. The summed E-state index contributed by atoms with van der Waals surface area (Å²) in [6, 6.07) is 19.7. The second-order valence-electron chi connectivity index (χ2n) is 7.40. The number of thiocarbonyl (C=S) groups is 1. The van der Waals surface area contributed by atoms with E-state index in [0.29, 0.717) is 27.8 Å². The van der Waals surface area contributed by atoms with Gasteiger partial charge >= 0.3 is 0 Å². The van der Waals surface area contributed by atoms with Crippen molar-refractivity contribution in [3.05, 3.63) is 93.4 Å². The first-order chi connectivity index (χ1) is 17.4. The van der Waals surface area contributed by atoms with Gasteiger partial charge in [-0.1, -0.05) is 54.3 Å². The van der Waals surface area contributed by atoms with Gasteiger partial charge in [-0.15, -0.1) is 0 Å². The SMILES string of the molecule is COc1ccccc1NC(=O)COc1ccc(/C=C2/SC(=S)N(c3cccc([N+](=O)[O-])c3)C2=O)cc1. The van der Waals surface area contributed by atoms with Crippen molar-refractivity contribution in [2.45, 2.75) is 0 Å². The van der Waals surface area contributed by atoms with E-state index in [4.69, 9.17) is 21.7 Å². The van der Waals surface area contributed by atoms with E-state index in [2.05, 4.69) is 5.32 Å². The zero-order valence-electron chi connectivity index (χ0n) is 18.9. The Hall–Kier alpha value is -4.22. The summed E-state index contributed by atoms with van der Waals surface area (Å²) < 4.78 is 11.0. The van der Waals surface area contributed by atoms with Gasteiger partial charge in [-0.25, -0.2) is 0 Å². The molecular weight excluding hydrogens is 502 g/mol. The fourth-order valence-corrected chi connectivity index (χ4v) is 4.63. The number of rotatable bonds is 8. The molecule has 1 aliphatic heterocycles. The first-order valence-corrected chi connectivity index (χ1v) is 11.8. The minimum Gasteiger partial charge on any atom is -0.495 e. The number of para-hydroxylation sites is 2. The maximum Gasteiger partial charge on any atom is 0.271 e. The Morgan fingerprint density at radius 3 is 2.61 bits per heavy atom. The van der Waals surface area contributed by atoms with Gasteiger partial charge in [0.1, 0.15) is 11.5 Å². The molecule has 0 spiro atoms. The number of nitrogens with one attached hydrogen (secondary N) is 1. The molecule has 1 saturated heterocycles. The van der Waals surface area contributed by atoms with Crippen LogP contribution >= 0.6 is 24.0 Å². The molecule has 4 rings (SSSR count). The number of methoxy groups -OCH3 is 1. The summed E-state index contributed by atoms with van der Waals surface area (Å²) in [4.78, 5) is 37.4. The van der Waals surface area contributed by atoms with Gasteiger partial charge in [0.2, 0.25) is 0 Å². The molecule has 0 aliphatic carbocycles. The van der Waals surface area contributed by atoms with Gasteiger partial charge in [-0.2, -0.15) is 0 Å². The lowest BCUT2D eigenvalue weighted by molar-refractivity contribution is -0.384. The van der Waals surface area contributed by atoms with E-state index in [9.17, 15) is 19.7 Å². The number of hydrogen-bond acceptors (Lipinski definition) is 8. The Labute approximate surface area is 215 Å². The molecule has 0 unspecified atom stereocenters. The van der Waals surface area contributed by atoms with E-state index >= 15 is 0 Å². The summed E-state index contributed by atoms with van der Waals surface area (Å²) in [7, 11) is 1.52. The van der Waals surface area contributed by atoms with E-state index in [1.54, 1.807) is 60.7 Å². The van der Waals surface area contributed by atoms with E-state index in [-0.39, 0.29) is 28.4 Å². The summed E-state index contributed by atoms with van der Waals surface area (Å²) in [5, 5.41) is 13.8. The van der Waals surface area contributed by atoms with E-state index in [0.717, 1.165) is 17.3 Å². The largest absolute Gasteiger partial charge is 0.495 e. The predicted octanol–water partition coefficient (Wildman–Crippen LogP) is 5.03. The Morgan fingerprint density at radius 1 is 1.14 bits per heavy atom. The van der Waals surface area contributed by atoms with Crippen LogP contribution in [0.3, 0.4) is 0 Å². The number of ether oxygens (including phenoxy) is 2. The van der Waals surface area contributed by atoms with Crippen molar-refractivity contribution >= 4 is 63.3 Å². The molecule has 0 radical (unpaired) electrons. The number of nitrogens with zero attached hydrogens (tertiary/aromatic N) is 2. The highest BCUT2D eigenvalue weighted by molar-refractivity contribution is 8.27. The topological polar surface area (TPSA) is 111 Å². The number of carbonyl (C=O) groups excluding carboxylic acids is 2. The molecular formula is C25H19N3O6S2. The summed E-state index contributed by atoms with van der Waals surface area (Å²) in [5.74, 6) is 0.324. The van der Waals surface area contributed by atoms with Gasteiger partial charge in [0.15, 0.2) is 10.9 Å². The van der Waals surface area contributed by atoms with Gasteiger partial charge in [0.25, 0.3) is 17.5 Å². The van der Waals surface area contributed by atoms with Gasteiger partial charge in [-0.3, -0.25) is 24.6 Å². The Kier molecular flexibility index (Phi) is 7.62. The molecule has 0 atom stereocenters. The van der Waals surface area contributed by atoms with Crippen molar-refractivity contribution in [3.63, 3.8) is 0 Å². The monoisotopic (exact) mass is 521 g/mol. The fraction of sp³-hybridized carbons (Fsp3) is 0.0800. The summed E-state index contributed by atoms with van der Waals surface area (Å²) in [6.45, 7) is -0.195. The molecule has 1 heterocycles. The summed E-state index contributed by atoms with van der Waals surface area (Å²) in [6.07, 6.45) is 1.68. The molecule has 36 heavy (non-hydrogen) atoms. The first kappa shape index (κ1) is 24.9. The number of benzene rings is 3. The quantitative estimate of drug-likeness (QED) is 0.190. The molecule has 0 saturated carbocycles. The molecule has 182 valence electrons. The fourth-order valence-electron chi connectivity index (χ4n) is 3.33.